The van der Waals surface area contributed by atoms with Crippen LogP contribution in [0, 0.1) is 22.7 Å². The van der Waals surface area contributed by atoms with Crippen molar-refractivity contribution in [3.05, 3.63) is 114 Å². The second-order valence-corrected chi connectivity index (χ2v) is 10.7. The minimum atomic E-state index is -1.11. The fourth-order valence-electron chi connectivity index (χ4n) is 7.45. The number of fused-ring (bicyclic) bond motifs is 6. The van der Waals surface area contributed by atoms with E-state index in [0.717, 1.165) is 33.0 Å². The first-order valence-corrected chi connectivity index (χ1v) is 12.7. The Hall–Kier alpha value is -4.31. The average molecular weight is 484 g/mol. The standard InChI is InChI=1S/C33H25NO3/c1-32-25(21-13-5-3-6-14-21)26(22-15-7-4-8-16-22)33(2,31(32)37)28-27(32)29(35)34(30(28)36)24-19-11-17-20-12-9-10-18-23(20)24/h3-19,27-28H,1-2H3/t27-,28-,32-,33+/m0/s1. The lowest BCUT2D eigenvalue weighted by Gasteiger charge is -2.35. The number of hydrogen-bond acceptors (Lipinski definition) is 3. The van der Waals surface area contributed by atoms with Crippen molar-refractivity contribution in [3.8, 4) is 0 Å². The highest BCUT2D eigenvalue weighted by Gasteiger charge is 2.78. The summed E-state index contributed by atoms with van der Waals surface area (Å²) < 4.78 is 0. The normalized spacial score (nSPS) is 28.5. The monoisotopic (exact) mass is 483 g/mol. The van der Waals surface area contributed by atoms with E-state index in [9.17, 15) is 14.4 Å². The highest BCUT2D eigenvalue weighted by atomic mass is 16.2. The third kappa shape index (κ3) is 2.55. The van der Waals surface area contributed by atoms with Crippen LogP contribution in [-0.4, -0.2) is 17.6 Å². The van der Waals surface area contributed by atoms with E-state index >= 15 is 0 Å². The Bertz CT molecular complexity index is 1580. The van der Waals surface area contributed by atoms with Gasteiger partial charge < -0.3 is 0 Å². The number of anilines is 1. The molecule has 0 aromatic heterocycles. The number of amides is 2. The van der Waals surface area contributed by atoms with Gasteiger partial charge in [-0.1, -0.05) is 97.1 Å². The van der Waals surface area contributed by atoms with Gasteiger partial charge in [0.1, 0.15) is 0 Å². The molecule has 3 aliphatic rings. The molecule has 2 aliphatic carbocycles. The number of carbonyl (C=O) groups is 3. The van der Waals surface area contributed by atoms with Gasteiger partial charge >= 0.3 is 0 Å². The van der Waals surface area contributed by atoms with Crippen LogP contribution >= 0.6 is 0 Å². The van der Waals surface area contributed by atoms with E-state index in [0.29, 0.717) is 5.69 Å². The number of rotatable bonds is 3. The van der Waals surface area contributed by atoms with Crippen LogP contribution in [0.4, 0.5) is 5.69 Å². The van der Waals surface area contributed by atoms with Crippen LogP contribution in [0.3, 0.4) is 0 Å². The summed E-state index contributed by atoms with van der Waals surface area (Å²) in [6.07, 6.45) is 0. The van der Waals surface area contributed by atoms with Gasteiger partial charge in [-0.25, -0.2) is 4.90 Å². The van der Waals surface area contributed by atoms with Crippen molar-refractivity contribution in [2.45, 2.75) is 13.8 Å². The molecule has 2 amide bonds. The lowest BCUT2D eigenvalue weighted by molar-refractivity contribution is -0.133. The molecule has 4 atom stereocenters. The Morgan fingerprint density at radius 3 is 1.57 bits per heavy atom. The van der Waals surface area contributed by atoms with Gasteiger partial charge in [-0.3, -0.25) is 14.4 Å². The van der Waals surface area contributed by atoms with E-state index < -0.39 is 22.7 Å². The molecular formula is C33H25NO3. The van der Waals surface area contributed by atoms with Gasteiger partial charge in [0.05, 0.1) is 28.4 Å². The molecule has 7 rings (SSSR count). The summed E-state index contributed by atoms with van der Waals surface area (Å²) >= 11 is 0. The average Bonchev–Trinajstić information content (AvgIpc) is 3.38. The van der Waals surface area contributed by atoms with Crippen LogP contribution in [0.1, 0.15) is 25.0 Å². The lowest BCUT2D eigenvalue weighted by atomic mass is 9.63. The van der Waals surface area contributed by atoms with Crippen LogP contribution in [0.2, 0.25) is 0 Å². The fraction of sp³-hybridized carbons (Fsp3) is 0.182. The summed E-state index contributed by atoms with van der Waals surface area (Å²) in [4.78, 5) is 44.3. The summed E-state index contributed by atoms with van der Waals surface area (Å²) in [6.45, 7) is 3.77. The molecule has 2 fully saturated rings. The number of hydrogen-bond donors (Lipinski definition) is 0. The maximum Gasteiger partial charge on any atom is 0.239 e. The van der Waals surface area contributed by atoms with Crippen molar-refractivity contribution >= 4 is 45.2 Å². The lowest BCUT2D eigenvalue weighted by Crippen LogP contribution is -2.40. The molecule has 37 heavy (non-hydrogen) atoms. The molecule has 0 radical (unpaired) electrons. The first-order chi connectivity index (χ1) is 17.9. The minimum absolute atomic E-state index is 0.0352. The highest BCUT2D eigenvalue weighted by Crippen LogP contribution is 2.73. The van der Waals surface area contributed by atoms with Gasteiger partial charge in [-0.2, -0.15) is 0 Å². The minimum Gasteiger partial charge on any atom is -0.298 e. The van der Waals surface area contributed by atoms with Gasteiger partial charge in [0.15, 0.2) is 5.78 Å². The number of ketones is 1. The van der Waals surface area contributed by atoms with Crippen LogP contribution in [0.25, 0.3) is 21.9 Å². The zero-order valence-electron chi connectivity index (χ0n) is 20.6. The van der Waals surface area contributed by atoms with Gasteiger partial charge in [-0.05, 0) is 47.6 Å². The molecule has 4 aromatic rings. The smallest absolute Gasteiger partial charge is 0.239 e. The second-order valence-electron chi connectivity index (χ2n) is 10.7. The Morgan fingerprint density at radius 1 is 0.568 bits per heavy atom. The topological polar surface area (TPSA) is 54.5 Å². The van der Waals surface area contributed by atoms with Gasteiger partial charge in [0, 0.05) is 5.39 Å². The molecule has 1 heterocycles. The largest absolute Gasteiger partial charge is 0.298 e. The Balaban J connectivity index is 1.49. The maximum absolute atomic E-state index is 14.4. The molecule has 4 heteroatoms. The Labute approximate surface area is 215 Å². The third-order valence-corrected chi connectivity index (χ3v) is 8.91. The molecule has 0 spiro atoms. The summed E-state index contributed by atoms with van der Waals surface area (Å²) in [7, 11) is 0. The number of allylic oxidation sites excluding steroid dienone is 2. The number of imide groups is 1. The first kappa shape index (κ1) is 21.9. The Morgan fingerprint density at radius 2 is 1.03 bits per heavy atom. The summed E-state index contributed by atoms with van der Waals surface area (Å²) in [5.41, 5.74) is 1.94. The number of nitrogens with zero attached hydrogens (tertiary/aromatic N) is 1. The number of benzene rings is 4. The number of carbonyl (C=O) groups excluding carboxylic acids is 3. The maximum atomic E-state index is 14.4. The number of Topliss-reactive ketones (excluding diaryl/α,β-unsaturated/α-hetero) is 1. The molecule has 2 bridgehead atoms. The van der Waals surface area contributed by atoms with E-state index in [-0.39, 0.29) is 17.6 Å². The van der Waals surface area contributed by atoms with E-state index in [4.69, 9.17) is 0 Å². The molecule has 0 unspecified atom stereocenters. The molecule has 1 aliphatic heterocycles. The zero-order valence-corrected chi connectivity index (χ0v) is 20.6. The van der Waals surface area contributed by atoms with Crippen molar-refractivity contribution < 1.29 is 14.4 Å². The molecule has 180 valence electrons. The summed E-state index contributed by atoms with van der Waals surface area (Å²) in [6, 6.07) is 33.1. The predicted molar refractivity (Wildman–Crippen MR) is 144 cm³/mol. The first-order valence-electron chi connectivity index (χ1n) is 12.7. The van der Waals surface area contributed by atoms with E-state index in [2.05, 4.69) is 0 Å². The molecule has 4 aromatic carbocycles. The van der Waals surface area contributed by atoms with Crippen LogP contribution in [0.15, 0.2) is 103 Å². The van der Waals surface area contributed by atoms with Crippen molar-refractivity contribution in [2.24, 2.45) is 22.7 Å². The van der Waals surface area contributed by atoms with Crippen LogP contribution in [0.5, 0.6) is 0 Å². The molecule has 0 N–H and O–H groups in total. The van der Waals surface area contributed by atoms with Gasteiger partial charge in [0.2, 0.25) is 11.8 Å². The summed E-state index contributed by atoms with van der Waals surface area (Å²) in [5, 5.41) is 1.81. The quantitative estimate of drug-likeness (QED) is 0.328. The zero-order chi connectivity index (χ0) is 25.5. The van der Waals surface area contributed by atoms with Crippen molar-refractivity contribution in [2.75, 3.05) is 4.90 Å². The van der Waals surface area contributed by atoms with Crippen molar-refractivity contribution in [1.82, 2.24) is 0 Å². The summed E-state index contributed by atoms with van der Waals surface area (Å²) in [5.74, 6) is -2.11. The molecule has 1 saturated heterocycles. The molecular weight excluding hydrogens is 458 g/mol. The van der Waals surface area contributed by atoms with Crippen LogP contribution < -0.4 is 4.90 Å². The van der Waals surface area contributed by atoms with E-state index in [1.54, 1.807) is 0 Å². The van der Waals surface area contributed by atoms with E-state index in [1.807, 2.05) is 117 Å². The van der Waals surface area contributed by atoms with Crippen molar-refractivity contribution in [1.29, 1.82) is 0 Å². The third-order valence-electron chi connectivity index (χ3n) is 8.91. The van der Waals surface area contributed by atoms with Crippen molar-refractivity contribution in [3.63, 3.8) is 0 Å². The fourth-order valence-corrected chi connectivity index (χ4v) is 7.45. The SMILES string of the molecule is C[C@]12C(=O)[C@](C)(C(c3ccccc3)=C1c1ccccc1)[C@@H]1C(=O)N(c3cccc4ccccc34)C(=O)[C@H]12. The predicted octanol–water partition coefficient (Wildman–Crippen LogP) is 6.17. The molecule has 4 nitrogen and oxygen atoms in total. The van der Waals surface area contributed by atoms with Gasteiger partial charge in [0.25, 0.3) is 0 Å². The Kier molecular flexibility index (Phi) is 4.36. The second kappa shape index (κ2) is 7.36. The van der Waals surface area contributed by atoms with Gasteiger partial charge in [-0.15, -0.1) is 0 Å². The van der Waals surface area contributed by atoms with Crippen LogP contribution in [-0.2, 0) is 14.4 Å². The molecule has 1 saturated carbocycles. The van der Waals surface area contributed by atoms with E-state index in [1.165, 1.54) is 4.90 Å². The highest BCUT2D eigenvalue weighted by molar-refractivity contribution is 6.35.